The Bertz CT molecular complexity index is 142. The quantitative estimate of drug-likeness (QED) is 0.565. The van der Waals surface area contributed by atoms with Gasteiger partial charge >= 0.3 is 0 Å². The summed E-state index contributed by atoms with van der Waals surface area (Å²) in [6.07, 6.45) is 1.27. The predicted octanol–water partition coefficient (Wildman–Crippen LogP) is 1.61. The molecule has 64 valence electrons. The zero-order valence-electron chi connectivity index (χ0n) is 7.30. The van der Waals surface area contributed by atoms with Crippen LogP contribution < -0.4 is 0 Å². The maximum atomic E-state index is 5.29. The van der Waals surface area contributed by atoms with E-state index in [2.05, 4.69) is 13.5 Å². The van der Waals surface area contributed by atoms with Gasteiger partial charge in [0.15, 0.2) is 0 Å². The van der Waals surface area contributed by atoms with Crippen molar-refractivity contribution in [3.8, 4) is 0 Å². The van der Waals surface area contributed by atoms with Crippen LogP contribution in [0.4, 0.5) is 0 Å². The average molecular weight is 156 g/mol. The molecule has 0 aromatic rings. The molecule has 1 aliphatic rings. The predicted molar refractivity (Wildman–Crippen MR) is 44.5 cm³/mol. The number of hydrogen-bond acceptors (Lipinski definition) is 2. The van der Waals surface area contributed by atoms with Gasteiger partial charge in [-0.1, -0.05) is 12.2 Å². The van der Waals surface area contributed by atoms with Crippen LogP contribution >= 0.6 is 0 Å². The summed E-state index contributed by atoms with van der Waals surface area (Å²) < 4.78 is 10.6. The van der Waals surface area contributed by atoms with Crippen LogP contribution in [0, 0.1) is 5.92 Å². The molecular weight excluding hydrogens is 140 g/mol. The summed E-state index contributed by atoms with van der Waals surface area (Å²) in [6.45, 7) is 7.56. The summed E-state index contributed by atoms with van der Waals surface area (Å²) in [5.74, 6) is 0.494. The lowest BCUT2D eigenvalue weighted by Crippen LogP contribution is -2.34. The molecule has 0 N–H and O–H groups in total. The highest BCUT2D eigenvalue weighted by molar-refractivity contribution is 5.00. The second-order valence-corrected chi connectivity index (χ2v) is 3.09. The van der Waals surface area contributed by atoms with E-state index >= 15 is 0 Å². The summed E-state index contributed by atoms with van der Waals surface area (Å²) in [5.41, 5.74) is 1.21. The standard InChI is InChI=1S/C9H16O2/c1-7(2)8-4-5-11-6-9(8)10-3/h8-9H,1,4-6H2,2-3H3. The largest absolute Gasteiger partial charge is 0.379 e. The van der Waals surface area contributed by atoms with E-state index in [1.54, 1.807) is 7.11 Å². The Balaban J connectivity index is 2.51. The first-order valence-corrected chi connectivity index (χ1v) is 4.01. The van der Waals surface area contributed by atoms with Crippen LogP contribution in [0.3, 0.4) is 0 Å². The fourth-order valence-corrected chi connectivity index (χ4v) is 1.51. The van der Waals surface area contributed by atoms with E-state index in [-0.39, 0.29) is 6.10 Å². The summed E-state index contributed by atoms with van der Waals surface area (Å²) in [7, 11) is 1.73. The van der Waals surface area contributed by atoms with E-state index in [9.17, 15) is 0 Å². The smallest absolute Gasteiger partial charge is 0.0870 e. The van der Waals surface area contributed by atoms with Crippen molar-refractivity contribution in [1.29, 1.82) is 0 Å². The summed E-state index contributed by atoms with van der Waals surface area (Å²) in [6, 6.07) is 0. The molecule has 0 spiro atoms. The first kappa shape index (κ1) is 8.75. The molecular formula is C9H16O2. The second-order valence-electron chi connectivity index (χ2n) is 3.09. The summed E-state index contributed by atoms with van der Waals surface area (Å²) in [4.78, 5) is 0. The first-order chi connectivity index (χ1) is 5.25. The minimum atomic E-state index is 0.223. The Hall–Kier alpha value is -0.340. The molecule has 0 aromatic heterocycles. The SMILES string of the molecule is C=C(C)C1CCOCC1OC. The Morgan fingerprint density at radius 2 is 2.36 bits per heavy atom. The molecule has 2 nitrogen and oxygen atoms in total. The highest BCUT2D eigenvalue weighted by Crippen LogP contribution is 2.23. The van der Waals surface area contributed by atoms with Crippen molar-refractivity contribution in [2.75, 3.05) is 20.3 Å². The third-order valence-corrected chi connectivity index (χ3v) is 2.24. The van der Waals surface area contributed by atoms with E-state index in [0.29, 0.717) is 12.5 Å². The molecule has 2 unspecified atom stereocenters. The van der Waals surface area contributed by atoms with E-state index < -0.39 is 0 Å². The zero-order valence-corrected chi connectivity index (χ0v) is 7.30. The van der Waals surface area contributed by atoms with E-state index in [1.807, 2.05) is 0 Å². The fourth-order valence-electron chi connectivity index (χ4n) is 1.51. The van der Waals surface area contributed by atoms with E-state index in [1.165, 1.54) is 5.57 Å². The normalized spacial score (nSPS) is 31.8. The molecule has 0 aliphatic carbocycles. The van der Waals surface area contributed by atoms with Gasteiger partial charge < -0.3 is 9.47 Å². The van der Waals surface area contributed by atoms with Gasteiger partial charge in [0, 0.05) is 19.6 Å². The lowest BCUT2D eigenvalue weighted by atomic mass is 9.91. The zero-order chi connectivity index (χ0) is 8.27. The van der Waals surface area contributed by atoms with Crippen molar-refractivity contribution in [1.82, 2.24) is 0 Å². The van der Waals surface area contributed by atoms with Gasteiger partial charge in [-0.05, 0) is 13.3 Å². The molecule has 1 aliphatic heterocycles. The highest BCUT2D eigenvalue weighted by Gasteiger charge is 2.25. The average Bonchev–Trinajstić information content (AvgIpc) is 2.04. The number of hydrogen-bond donors (Lipinski definition) is 0. The van der Waals surface area contributed by atoms with Crippen molar-refractivity contribution in [3.05, 3.63) is 12.2 Å². The van der Waals surface area contributed by atoms with Gasteiger partial charge in [0.25, 0.3) is 0 Å². The molecule has 2 heteroatoms. The van der Waals surface area contributed by atoms with Crippen molar-refractivity contribution in [3.63, 3.8) is 0 Å². The van der Waals surface area contributed by atoms with Gasteiger partial charge in [-0.15, -0.1) is 0 Å². The molecule has 11 heavy (non-hydrogen) atoms. The van der Waals surface area contributed by atoms with Crippen molar-refractivity contribution in [2.45, 2.75) is 19.4 Å². The van der Waals surface area contributed by atoms with Crippen LogP contribution in [0.25, 0.3) is 0 Å². The molecule has 2 atom stereocenters. The van der Waals surface area contributed by atoms with Gasteiger partial charge in [-0.25, -0.2) is 0 Å². The number of ether oxygens (including phenoxy) is 2. The van der Waals surface area contributed by atoms with Crippen LogP contribution in [0.2, 0.25) is 0 Å². The van der Waals surface area contributed by atoms with Crippen LogP contribution in [-0.4, -0.2) is 26.4 Å². The van der Waals surface area contributed by atoms with Crippen LogP contribution in [0.5, 0.6) is 0 Å². The van der Waals surface area contributed by atoms with E-state index in [4.69, 9.17) is 9.47 Å². The minimum absolute atomic E-state index is 0.223. The van der Waals surface area contributed by atoms with Crippen LogP contribution in [-0.2, 0) is 9.47 Å². The third-order valence-electron chi connectivity index (χ3n) is 2.24. The molecule has 0 amide bonds. The van der Waals surface area contributed by atoms with E-state index in [0.717, 1.165) is 13.0 Å². The molecule has 0 bridgehead atoms. The molecule has 0 aromatic carbocycles. The van der Waals surface area contributed by atoms with Crippen molar-refractivity contribution in [2.24, 2.45) is 5.92 Å². The molecule has 0 saturated carbocycles. The lowest BCUT2D eigenvalue weighted by molar-refractivity contribution is -0.0550. The van der Waals surface area contributed by atoms with Gasteiger partial charge in [0.1, 0.15) is 0 Å². The monoisotopic (exact) mass is 156 g/mol. The molecule has 1 fully saturated rings. The second kappa shape index (κ2) is 3.88. The Labute approximate surface area is 68.2 Å². The Kier molecular flexibility index (Phi) is 3.09. The highest BCUT2D eigenvalue weighted by atomic mass is 16.5. The summed E-state index contributed by atoms with van der Waals surface area (Å²) >= 11 is 0. The van der Waals surface area contributed by atoms with Crippen molar-refractivity contribution >= 4 is 0 Å². The minimum Gasteiger partial charge on any atom is -0.379 e. The van der Waals surface area contributed by atoms with Gasteiger partial charge in [-0.3, -0.25) is 0 Å². The number of methoxy groups -OCH3 is 1. The Morgan fingerprint density at radius 3 is 2.82 bits per heavy atom. The summed E-state index contributed by atoms with van der Waals surface area (Å²) in [5, 5.41) is 0. The van der Waals surface area contributed by atoms with Crippen LogP contribution in [0.15, 0.2) is 12.2 Å². The molecule has 1 heterocycles. The third kappa shape index (κ3) is 2.04. The molecule has 0 radical (unpaired) electrons. The van der Waals surface area contributed by atoms with Gasteiger partial charge in [-0.2, -0.15) is 0 Å². The van der Waals surface area contributed by atoms with Gasteiger partial charge in [0.05, 0.1) is 12.7 Å². The topological polar surface area (TPSA) is 18.5 Å². The molecule has 1 saturated heterocycles. The maximum absolute atomic E-state index is 5.29. The Morgan fingerprint density at radius 1 is 1.64 bits per heavy atom. The fraction of sp³-hybridized carbons (Fsp3) is 0.778. The maximum Gasteiger partial charge on any atom is 0.0870 e. The first-order valence-electron chi connectivity index (χ1n) is 4.01. The van der Waals surface area contributed by atoms with Crippen LogP contribution in [0.1, 0.15) is 13.3 Å². The number of rotatable bonds is 2. The molecule has 1 rings (SSSR count). The van der Waals surface area contributed by atoms with Gasteiger partial charge in [0.2, 0.25) is 0 Å². The van der Waals surface area contributed by atoms with Crippen molar-refractivity contribution < 1.29 is 9.47 Å². The lowest BCUT2D eigenvalue weighted by Gasteiger charge is -2.30.